The molecule has 0 saturated heterocycles. The quantitative estimate of drug-likeness (QED) is 0.714. The van der Waals surface area contributed by atoms with E-state index in [1.54, 1.807) is 24.5 Å². The van der Waals surface area contributed by atoms with E-state index in [9.17, 15) is 18.0 Å². The minimum Gasteiger partial charge on any atom is -0.383 e. The second kappa shape index (κ2) is 6.43. The standard InChI is InChI=1S/C19H16F3N5O/c1-9-2-3-24-7-12(9)15-4-10-5-16(25-8-13(10)17(23)26-15)27-18(28)11-6-14(11)19(20,21)22/h2-5,7-8,11,14H,6H2,1H3,(H2,23,26)(H,25,27,28)/t11?,14-/m0/s1. The number of nitrogens with one attached hydrogen (secondary N) is 1. The van der Waals surface area contributed by atoms with Gasteiger partial charge in [-0.15, -0.1) is 0 Å². The molecule has 0 aliphatic heterocycles. The number of alkyl halides is 3. The van der Waals surface area contributed by atoms with Crippen LogP contribution in [0.2, 0.25) is 0 Å². The number of fused-ring (bicyclic) bond motifs is 1. The van der Waals surface area contributed by atoms with Crippen molar-refractivity contribution in [2.24, 2.45) is 11.8 Å². The van der Waals surface area contributed by atoms with Crippen LogP contribution in [-0.4, -0.2) is 27.0 Å². The first-order chi connectivity index (χ1) is 13.2. The zero-order chi connectivity index (χ0) is 20.1. The molecule has 1 fully saturated rings. The van der Waals surface area contributed by atoms with Gasteiger partial charge < -0.3 is 11.1 Å². The van der Waals surface area contributed by atoms with Crippen molar-refractivity contribution in [3.63, 3.8) is 0 Å². The highest BCUT2D eigenvalue weighted by atomic mass is 19.4. The summed E-state index contributed by atoms with van der Waals surface area (Å²) in [6, 6.07) is 5.20. The van der Waals surface area contributed by atoms with E-state index in [0.717, 1.165) is 11.1 Å². The predicted molar refractivity (Wildman–Crippen MR) is 98.2 cm³/mol. The van der Waals surface area contributed by atoms with Crippen LogP contribution in [0.25, 0.3) is 22.0 Å². The van der Waals surface area contributed by atoms with Gasteiger partial charge in [-0.05, 0) is 42.5 Å². The number of amides is 1. The van der Waals surface area contributed by atoms with Gasteiger partial charge in [0.05, 0.1) is 17.5 Å². The number of aromatic nitrogens is 3. The molecule has 1 amide bonds. The predicted octanol–water partition coefficient (Wildman–Crippen LogP) is 3.72. The molecule has 0 radical (unpaired) electrons. The van der Waals surface area contributed by atoms with E-state index in [1.807, 2.05) is 13.0 Å². The number of pyridine rings is 3. The molecule has 0 aromatic carbocycles. The Labute approximate surface area is 158 Å². The number of aryl methyl sites for hydroxylation is 1. The zero-order valence-corrected chi connectivity index (χ0v) is 14.8. The molecular formula is C19H16F3N5O. The molecule has 9 heteroatoms. The van der Waals surface area contributed by atoms with Crippen LogP contribution in [0, 0.1) is 18.8 Å². The maximum atomic E-state index is 12.7. The fourth-order valence-corrected chi connectivity index (χ4v) is 3.18. The number of nitrogens with zero attached hydrogens (tertiary/aromatic N) is 3. The molecule has 0 spiro atoms. The van der Waals surface area contributed by atoms with Gasteiger partial charge in [-0.2, -0.15) is 13.2 Å². The average Bonchev–Trinajstić information content (AvgIpc) is 3.43. The van der Waals surface area contributed by atoms with Crippen molar-refractivity contribution in [2.45, 2.75) is 19.5 Å². The fourth-order valence-electron chi connectivity index (χ4n) is 3.18. The van der Waals surface area contributed by atoms with E-state index in [4.69, 9.17) is 5.73 Å². The molecule has 3 aromatic rings. The second-order valence-corrected chi connectivity index (χ2v) is 6.85. The first kappa shape index (κ1) is 18.1. The lowest BCUT2D eigenvalue weighted by Crippen LogP contribution is -2.20. The number of nitrogens with two attached hydrogens (primary N) is 1. The summed E-state index contributed by atoms with van der Waals surface area (Å²) in [4.78, 5) is 24.6. The normalized spacial score (nSPS) is 18.9. The molecule has 0 bridgehead atoms. The SMILES string of the molecule is Cc1ccncc1-c1cc2cc(NC(=O)C3C[C@@H]3C(F)(F)F)ncc2c(N)n1. The number of anilines is 2. The molecular weight excluding hydrogens is 371 g/mol. The first-order valence-corrected chi connectivity index (χ1v) is 8.59. The molecule has 28 heavy (non-hydrogen) atoms. The van der Waals surface area contributed by atoms with Crippen molar-refractivity contribution in [3.8, 4) is 11.3 Å². The highest BCUT2D eigenvalue weighted by molar-refractivity contribution is 5.98. The van der Waals surface area contributed by atoms with Crippen LogP contribution in [-0.2, 0) is 4.79 Å². The number of halogens is 3. The molecule has 1 unspecified atom stereocenters. The van der Waals surface area contributed by atoms with Crippen molar-refractivity contribution in [1.82, 2.24) is 15.0 Å². The number of nitrogen functional groups attached to an aromatic ring is 1. The van der Waals surface area contributed by atoms with Gasteiger partial charge in [0.25, 0.3) is 0 Å². The Morgan fingerprint density at radius 1 is 1.29 bits per heavy atom. The van der Waals surface area contributed by atoms with E-state index < -0.39 is 23.9 Å². The van der Waals surface area contributed by atoms with Gasteiger partial charge in [-0.3, -0.25) is 9.78 Å². The number of hydrogen-bond donors (Lipinski definition) is 2. The molecule has 1 aliphatic carbocycles. The van der Waals surface area contributed by atoms with Crippen molar-refractivity contribution in [1.29, 1.82) is 0 Å². The van der Waals surface area contributed by atoms with Crippen LogP contribution in [0.5, 0.6) is 0 Å². The van der Waals surface area contributed by atoms with Crippen molar-refractivity contribution >= 4 is 28.3 Å². The molecule has 144 valence electrons. The molecule has 1 aliphatic rings. The number of rotatable bonds is 3. The van der Waals surface area contributed by atoms with Crippen molar-refractivity contribution in [3.05, 3.63) is 42.4 Å². The van der Waals surface area contributed by atoms with E-state index in [-0.39, 0.29) is 18.1 Å². The summed E-state index contributed by atoms with van der Waals surface area (Å²) in [5, 5.41) is 3.72. The topological polar surface area (TPSA) is 93.8 Å². The minimum atomic E-state index is -4.35. The molecule has 6 nitrogen and oxygen atoms in total. The molecule has 3 heterocycles. The molecule has 3 aromatic heterocycles. The van der Waals surface area contributed by atoms with Crippen LogP contribution in [0.15, 0.2) is 36.8 Å². The van der Waals surface area contributed by atoms with Gasteiger partial charge in [-0.1, -0.05) is 0 Å². The van der Waals surface area contributed by atoms with Crippen LogP contribution < -0.4 is 11.1 Å². The number of carbonyl (C=O) groups is 1. The van der Waals surface area contributed by atoms with E-state index in [1.165, 1.54) is 6.20 Å². The molecule has 3 N–H and O–H groups in total. The fraction of sp³-hybridized carbons (Fsp3) is 0.263. The Kier molecular flexibility index (Phi) is 4.17. The Hall–Kier alpha value is -3.23. The van der Waals surface area contributed by atoms with Gasteiger partial charge in [0.15, 0.2) is 0 Å². The van der Waals surface area contributed by atoms with Gasteiger partial charge in [0.2, 0.25) is 5.91 Å². The Morgan fingerprint density at radius 2 is 2.07 bits per heavy atom. The van der Waals surface area contributed by atoms with Gasteiger partial charge >= 0.3 is 6.18 Å². The molecule has 1 saturated carbocycles. The van der Waals surface area contributed by atoms with Gasteiger partial charge in [-0.25, -0.2) is 9.97 Å². The maximum Gasteiger partial charge on any atom is 0.392 e. The highest BCUT2D eigenvalue weighted by Crippen LogP contribution is 2.50. The lowest BCUT2D eigenvalue weighted by molar-refractivity contribution is -0.153. The summed E-state index contributed by atoms with van der Waals surface area (Å²) >= 11 is 0. The Balaban J connectivity index is 1.63. The monoisotopic (exact) mass is 387 g/mol. The maximum absolute atomic E-state index is 12.7. The van der Waals surface area contributed by atoms with Crippen molar-refractivity contribution in [2.75, 3.05) is 11.1 Å². The van der Waals surface area contributed by atoms with Crippen LogP contribution in [0.1, 0.15) is 12.0 Å². The Bertz CT molecular complexity index is 1080. The summed E-state index contributed by atoms with van der Waals surface area (Å²) in [6.07, 6.45) is 0.255. The smallest absolute Gasteiger partial charge is 0.383 e. The number of carbonyl (C=O) groups excluding carboxylic acids is 1. The van der Waals surface area contributed by atoms with Crippen molar-refractivity contribution < 1.29 is 18.0 Å². The summed E-state index contributed by atoms with van der Waals surface area (Å²) in [5.74, 6) is -2.88. The third kappa shape index (κ3) is 3.35. The lowest BCUT2D eigenvalue weighted by atomic mass is 10.1. The summed E-state index contributed by atoms with van der Waals surface area (Å²) in [7, 11) is 0. The Morgan fingerprint density at radius 3 is 2.75 bits per heavy atom. The molecule has 4 rings (SSSR count). The summed E-state index contributed by atoms with van der Waals surface area (Å²) in [6.45, 7) is 1.92. The zero-order valence-electron chi connectivity index (χ0n) is 14.8. The molecule has 2 atom stereocenters. The second-order valence-electron chi connectivity index (χ2n) is 6.85. The van der Waals surface area contributed by atoms with E-state index in [2.05, 4.69) is 20.3 Å². The lowest BCUT2D eigenvalue weighted by Gasteiger charge is -2.10. The van der Waals surface area contributed by atoms with Gasteiger partial charge in [0, 0.05) is 29.5 Å². The van der Waals surface area contributed by atoms with Gasteiger partial charge in [0.1, 0.15) is 11.6 Å². The highest BCUT2D eigenvalue weighted by Gasteiger charge is 2.58. The summed E-state index contributed by atoms with van der Waals surface area (Å²) < 4.78 is 38.0. The average molecular weight is 387 g/mol. The first-order valence-electron chi connectivity index (χ1n) is 8.59. The van der Waals surface area contributed by atoms with E-state index in [0.29, 0.717) is 16.5 Å². The van der Waals surface area contributed by atoms with Crippen LogP contribution >= 0.6 is 0 Å². The third-order valence-electron chi connectivity index (χ3n) is 4.86. The summed E-state index contributed by atoms with van der Waals surface area (Å²) in [5.41, 5.74) is 8.42. The van der Waals surface area contributed by atoms with Crippen LogP contribution in [0.4, 0.5) is 24.8 Å². The minimum absolute atomic E-state index is 0.171. The number of hydrogen-bond acceptors (Lipinski definition) is 5. The van der Waals surface area contributed by atoms with Crippen LogP contribution in [0.3, 0.4) is 0 Å². The third-order valence-corrected chi connectivity index (χ3v) is 4.86. The van der Waals surface area contributed by atoms with E-state index >= 15 is 0 Å². The largest absolute Gasteiger partial charge is 0.392 e.